The van der Waals surface area contributed by atoms with Gasteiger partial charge in [0.2, 0.25) is 17.7 Å². The van der Waals surface area contributed by atoms with E-state index >= 15 is 0 Å². The molecule has 6 rings (SSSR count). The number of rotatable bonds is 7. The third kappa shape index (κ3) is 4.28. The molecule has 0 bridgehead atoms. The second-order valence-corrected chi connectivity index (χ2v) is 12.9. The zero-order valence-corrected chi connectivity index (χ0v) is 25.2. The highest BCUT2D eigenvalue weighted by atomic mass is 16.5. The molecule has 5 aliphatic rings. The first kappa shape index (κ1) is 29.1. The van der Waals surface area contributed by atoms with Gasteiger partial charge in [0.15, 0.2) is 0 Å². The van der Waals surface area contributed by atoms with E-state index in [9.17, 15) is 19.5 Å². The van der Waals surface area contributed by atoms with Crippen LogP contribution in [0.1, 0.15) is 65.7 Å². The van der Waals surface area contributed by atoms with Crippen molar-refractivity contribution in [3.63, 3.8) is 0 Å². The Labute approximate surface area is 249 Å². The lowest BCUT2D eigenvalue weighted by Gasteiger charge is -2.43. The largest absolute Gasteiger partial charge is 0.394 e. The summed E-state index contributed by atoms with van der Waals surface area (Å²) in [5, 5.41) is 10.7. The fourth-order valence-electron chi connectivity index (χ4n) is 8.45. The first-order chi connectivity index (χ1) is 20.3. The van der Waals surface area contributed by atoms with Crippen LogP contribution in [0.4, 0.5) is 5.69 Å². The van der Waals surface area contributed by atoms with Crippen LogP contribution in [0.5, 0.6) is 0 Å². The van der Waals surface area contributed by atoms with Crippen LogP contribution in [-0.4, -0.2) is 81.7 Å². The molecule has 1 aliphatic carbocycles. The summed E-state index contributed by atoms with van der Waals surface area (Å²) in [5.74, 6) is -2.28. The first-order valence-corrected chi connectivity index (χ1v) is 16.0. The molecule has 42 heavy (non-hydrogen) atoms. The molecule has 7 atom stereocenters. The number of aliphatic hydroxyl groups excluding tert-OH is 1. The van der Waals surface area contributed by atoms with Crippen LogP contribution in [0, 0.1) is 17.8 Å². The highest BCUT2D eigenvalue weighted by Crippen LogP contribution is 2.59. The van der Waals surface area contributed by atoms with Gasteiger partial charge in [-0.25, -0.2) is 0 Å². The minimum absolute atomic E-state index is 0.0422. The van der Waals surface area contributed by atoms with Crippen molar-refractivity contribution in [1.29, 1.82) is 0 Å². The van der Waals surface area contributed by atoms with E-state index in [0.717, 1.165) is 37.8 Å². The fraction of sp³-hybridized carbons (Fsp3) is 0.618. The van der Waals surface area contributed by atoms with Crippen LogP contribution < -0.4 is 4.90 Å². The first-order valence-electron chi connectivity index (χ1n) is 16.0. The van der Waals surface area contributed by atoms with Gasteiger partial charge in [-0.15, -0.1) is 0 Å². The Morgan fingerprint density at radius 1 is 0.929 bits per heavy atom. The predicted octanol–water partition coefficient (Wildman–Crippen LogP) is 4.09. The predicted molar refractivity (Wildman–Crippen MR) is 160 cm³/mol. The van der Waals surface area contributed by atoms with Gasteiger partial charge in [-0.1, -0.05) is 89.0 Å². The maximum Gasteiger partial charge on any atom is 0.249 e. The maximum atomic E-state index is 14.9. The van der Waals surface area contributed by atoms with E-state index < -0.39 is 35.1 Å². The number of fused-ring (bicyclic) bond motifs is 2. The number of aliphatic hydroxyl groups is 1. The number of hydrogen-bond donors (Lipinski definition) is 1. The SMILES string of the molecule is CC[C@H](C)[C@H](CO)N1C(=O)[C@@H]2[C@@H]3C(=O)N(c4ccccc4)CC=C[C@]3(CC)O[C@@]23C=CCN(C2CCCCC2)C(=O)C13. The summed E-state index contributed by atoms with van der Waals surface area (Å²) in [5.41, 5.74) is -1.57. The molecule has 2 saturated heterocycles. The number of hydrogen-bond acceptors (Lipinski definition) is 5. The van der Waals surface area contributed by atoms with Gasteiger partial charge < -0.3 is 24.5 Å². The summed E-state index contributed by atoms with van der Waals surface area (Å²) in [7, 11) is 0. The molecule has 1 spiro atoms. The summed E-state index contributed by atoms with van der Waals surface area (Å²) in [6.07, 6.45) is 14.3. The van der Waals surface area contributed by atoms with Gasteiger partial charge in [0.1, 0.15) is 11.6 Å². The van der Waals surface area contributed by atoms with E-state index in [-0.39, 0.29) is 36.3 Å². The second kappa shape index (κ2) is 11.3. The molecule has 3 amide bonds. The third-order valence-electron chi connectivity index (χ3n) is 10.8. The van der Waals surface area contributed by atoms with Crippen molar-refractivity contribution in [1.82, 2.24) is 9.80 Å². The fourth-order valence-corrected chi connectivity index (χ4v) is 8.45. The quantitative estimate of drug-likeness (QED) is 0.495. The molecule has 1 unspecified atom stereocenters. The topological polar surface area (TPSA) is 90.4 Å². The number of likely N-dealkylation sites (tertiary alicyclic amines) is 1. The number of para-hydroxylation sites is 1. The number of anilines is 1. The molecule has 4 heterocycles. The summed E-state index contributed by atoms with van der Waals surface area (Å²) < 4.78 is 7.13. The van der Waals surface area contributed by atoms with Gasteiger partial charge in [0.25, 0.3) is 0 Å². The average molecular weight is 576 g/mol. The third-order valence-corrected chi connectivity index (χ3v) is 10.8. The van der Waals surface area contributed by atoms with Crippen molar-refractivity contribution in [3.05, 3.63) is 54.6 Å². The van der Waals surface area contributed by atoms with E-state index in [2.05, 4.69) is 0 Å². The van der Waals surface area contributed by atoms with Gasteiger partial charge in [-0.3, -0.25) is 14.4 Å². The molecule has 3 fully saturated rings. The van der Waals surface area contributed by atoms with Crippen LogP contribution in [0.3, 0.4) is 0 Å². The normalized spacial score (nSPS) is 34.6. The maximum absolute atomic E-state index is 14.9. The standard InChI is InChI=1S/C34H45N3O5/c1-4-23(3)26(22-38)37-29-32(41)36(25-16-10-7-11-17-25)21-13-19-34(29)28(31(37)40)27-30(39)35(24-14-8-6-9-15-24)20-12-18-33(27,5-2)42-34/h6,8-9,12-15,18-19,23,25-29,38H,4-5,7,10-11,16-17,20-22H2,1-3H3/t23-,26-,27+,28-,29?,33-,34-/m0/s1. The van der Waals surface area contributed by atoms with Crippen LogP contribution in [0.2, 0.25) is 0 Å². The molecule has 8 heteroatoms. The number of amides is 3. The van der Waals surface area contributed by atoms with Crippen molar-refractivity contribution in [2.24, 2.45) is 17.8 Å². The van der Waals surface area contributed by atoms with Gasteiger partial charge in [0.05, 0.1) is 30.1 Å². The lowest BCUT2D eigenvalue weighted by Crippen LogP contribution is -2.61. The minimum atomic E-state index is -1.31. The van der Waals surface area contributed by atoms with Crippen molar-refractivity contribution >= 4 is 23.4 Å². The van der Waals surface area contributed by atoms with Crippen molar-refractivity contribution < 1.29 is 24.2 Å². The Kier molecular flexibility index (Phi) is 7.81. The number of carbonyl (C=O) groups is 3. The number of ether oxygens (including phenoxy) is 1. The Morgan fingerprint density at radius 3 is 2.31 bits per heavy atom. The Bertz CT molecular complexity index is 1260. The monoisotopic (exact) mass is 575 g/mol. The van der Waals surface area contributed by atoms with Crippen molar-refractivity contribution in [2.75, 3.05) is 24.6 Å². The average Bonchev–Trinajstić information content (AvgIpc) is 3.31. The Morgan fingerprint density at radius 2 is 1.64 bits per heavy atom. The Balaban J connectivity index is 1.50. The molecule has 0 aromatic heterocycles. The van der Waals surface area contributed by atoms with Crippen molar-refractivity contribution in [3.8, 4) is 0 Å². The highest BCUT2D eigenvalue weighted by molar-refractivity contribution is 6.04. The van der Waals surface area contributed by atoms with Gasteiger partial charge in [-0.05, 0) is 37.3 Å². The zero-order chi connectivity index (χ0) is 29.6. The minimum Gasteiger partial charge on any atom is -0.394 e. The van der Waals surface area contributed by atoms with Crippen LogP contribution >= 0.6 is 0 Å². The highest BCUT2D eigenvalue weighted by Gasteiger charge is 2.76. The molecule has 4 aliphatic heterocycles. The summed E-state index contributed by atoms with van der Waals surface area (Å²) in [6.45, 7) is 6.61. The Hall–Kier alpha value is -2.97. The molecule has 1 N–H and O–H groups in total. The van der Waals surface area contributed by atoms with Gasteiger partial charge >= 0.3 is 0 Å². The van der Waals surface area contributed by atoms with Gasteiger partial charge in [-0.2, -0.15) is 0 Å². The molecule has 226 valence electrons. The number of nitrogens with zero attached hydrogens (tertiary/aromatic N) is 3. The smallest absolute Gasteiger partial charge is 0.249 e. The molecular formula is C34H45N3O5. The van der Waals surface area contributed by atoms with E-state index in [4.69, 9.17) is 4.74 Å². The number of carbonyl (C=O) groups excluding carboxylic acids is 3. The number of benzene rings is 1. The lowest BCUT2D eigenvalue weighted by atomic mass is 9.73. The zero-order valence-electron chi connectivity index (χ0n) is 25.2. The van der Waals surface area contributed by atoms with Crippen LogP contribution in [-0.2, 0) is 19.1 Å². The van der Waals surface area contributed by atoms with Crippen molar-refractivity contribution in [2.45, 2.75) is 95.0 Å². The molecular weight excluding hydrogens is 530 g/mol. The second-order valence-electron chi connectivity index (χ2n) is 12.9. The van der Waals surface area contributed by atoms with Crippen LogP contribution in [0.15, 0.2) is 54.6 Å². The van der Waals surface area contributed by atoms with E-state index in [1.165, 1.54) is 6.42 Å². The summed E-state index contributed by atoms with van der Waals surface area (Å²) >= 11 is 0. The van der Waals surface area contributed by atoms with E-state index in [1.807, 2.05) is 80.3 Å². The van der Waals surface area contributed by atoms with E-state index in [0.29, 0.717) is 19.5 Å². The molecule has 1 aromatic carbocycles. The van der Waals surface area contributed by atoms with Crippen LogP contribution in [0.25, 0.3) is 0 Å². The molecule has 1 aromatic rings. The van der Waals surface area contributed by atoms with E-state index in [1.54, 1.807) is 9.80 Å². The summed E-state index contributed by atoms with van der Waals surface area (Å²) in [6, 6.07) is 8.15. The summed E-state index contributed by atoms with van der Waals surface area (Å²) in [4.78, 5) is 49.6. The molecule has 0 radical (unpaired) electrons. The lowest BCUT2D eigenvalue weighted by molar-refractivity contribution is -0.158. The van der Waals surface area contributed by atoms with Gasteiger partial charge in [0, 0.05) is 24.8 Å². The molecule has 1 saturated carbocycles. The molecule has 8 nitrogen and oxygen atoms in total.